The molecule has 7 nitrogen and oxygen atoms in total. The van der Waals surface area contributed by atoms with Crippen LogP contribution in [0.3, 0.4) is 0 Å². The second-order valence-corrected chi connectivity index (χ2v) is 9.00. The summed E-state index contributed by atoms with van der Waals surface area (Å²) >= 11 is 0. The summed E-state index contributed by atoms with van der Waals surface area (Å²) in [5, 5.41) is 15.2. The minimum Gasteiger partial charge on any atom is -0.481 e. The molecule has 1 saturated heterocycles. The molecule has 1 aliphatic heterocycles. The lowest BCUT2D eigenvalue weighted by Crippen LogP contribution is -2.48. The van der Waals surface area contributed by atoms with Gasteiger partial charge >= 0.3 is 12.0 Å². The normalized spacial score (nSPS) is 17.0. The van der Waals surface area contributed by atoms with Gasteiger partial charge in [0.15, 0.2) is 0 Å². The van der Waals surface area contributed by atoms with Gasteiger partial charge in [-0.05, 0) is 55.0 Å². The van der Waals surface area contributed by atoms with Gasteiger partial charge in [0.05, 0.1) is 37.1 Å². The number of carbonyl (C=O) groups excluding carboxylic acids is 1. The Labute approximate surface area is 196 Å². The molecule has 1 heterocycles. The third-order valence-corrected chi connectivity index (χ3v) is 6.21. The Balaban J connectivity index is 1.93. The fraction of sp³-hybridized carbons (Fsp3) is 0.462. The molecule has 0 aliphatic carbocycles. The minimum absolute atomic E-state index is 0.0526. The second-order valence-electron chi connectivity index (χ2n) is 9.00. The Bertz CT molecular complexity index is 959. The van der Waals surface area contributed by atoms with Gasteiger partial charge in [0.2, 0.25) is 0 Å². The summed E-state index contributed by atoms with van der Waals surface area (Å²) in [5.41, 5.74) is 4.33. The highest BCUT2D eigenvalue weighted by atomic mass is 16.5. The Kier molecular flexibility index (Phi) is 8.33. The first-order valence-electron chi connectivity index (χ1n) is 11.6. The van der Waals surface area contributed by atoms with Crippen molar-refractivity contribution in [2.24, 2.45) is 5.92 Å². The van der Waals surface area contributed by atoms with E-state index in [1.54, 1.807) is 0 Å². The van der Waals surface area contributed by atoms with E-state index in [4.69, 9.17) is 4.74 Å². The number of aliphatic carboxylic acids is 1. The van der Waals surface area contributed by atoms with Gasteiger partial charge in [-0.2, -0.15) is 0 Å². The summed E-state index contributed by atoms with van der Waals surface area (Å²) in [6.07, 6.45) is 0.754. The summed E-state index contributed by atoms with van der Waals surface area (Å²) < 4.78 is 5.72. The Morgan fingerprint density at radius 3 is 2.52 bits per heavy atom. The SMILES string of the molecule is CC[C@@H](CC(=O)O)c1ccc(N2CCOCC2C(C)C)c(NC(=O)Nc2ccc(C)cc2)c1. The quantitative estimate of drug-likeness (QED) is 0.493. The highest BCUT2D eigenvalue weighted by Gasteiger charge is 2.28. The number of benzene rings is 2. The number of carboxylic acid groups (broad SMARTS) is 1. The largest absolute Gasteiger partial charge is 0.481 e. The van der Waals surface area contributed by atoms with Crippen molar-refractivity contribution in [2.45, 2.75) is 52.5 Å². The van der Waals surface area contributed by atoms with Crippen LogP contribution < -0.4 is 15.5 Å². The zero-order valence-electron chi connectivity index (χ0n) is 19.9. The molecule has 0 spiro atoms. The Morgan fingerprint density at radius 2 is 1.88 bits per heavy atom. The standard InChI is InChI=1S/C26H35N3O4/c1-5-19(15-25(30)31)20-8-11-23(29-12-13-33-16-24(29)17(2)3)22(14-20)28-26(32)27-21-9-6-18(4)7-10-21/h6-11,14,17,19,24H,5,12-13,15-16H2,1-4H3,(H,30,31)(H2,27,28,32)/t19-,24?/m0/s1. The second kappa shape index (κ2) is 11.2. The fourth-order valence-electron chi connectivity index (χ4n) is 4.26. The van der Waals surface area contributed by atoms with E-state index in [9.17, 15) is 14.7 Å². The van der Waals surface area contributed by atoms with Crippen LogP contribution in [0, 0.1) is 12.8 Å². The van der Waals surface area contributed by atoms with E-state index in [1.165, 1.54) is 0 Å². The van der Waals surface area contributed by atoms with Crippen molar-refractivity contribution < 1.29 is 19.4 Å². The average Bonchev–Trinajstić information content (AvgIpc) is 2.78. The smallest absolute Gasteiger partial charge is 0.323 e. The van der Waals surface area contributed by atoms with E-state index in [0.717, 1.165) is 23.4 Å². The minimum atomic E-state index is -0.828. The number of urea groups is 1. The molecule has 1 aliphatic rings. The van der Waals surface area contributed by atoms with E-state index in [0.29, 0.717) is 36.9 Å². The van der Waals surface area contributed by atoms with Crippen LogP contribution in [0.15, 0.2) is 42.5 Å². The lowest BCUT2D eigenvalue weighted by atomic mass is 9.92. The maximum Gasteiger partial charge on any atom is 0.323 e. The summed E-state index contributed by atoms with van der Waals surface area (Å²) in [6, 6.07) is 13.4. The number of nitrogens with zero attached hydrogens (tertiary/aromatic N) is 1. The maximum atomic E-state index is 12.9. The van der Waals surface area contributed by atoms with Crippen LogP contribution in [-0.2, 0) is 9.53 Å². The number of nitrogens with one attached hydrogen (secondary N) is 2. The fourth-order valence-corrected chi connectivity index (χ4v) is 4.26. The molecule has 2 aromatic carbocycles. The number of carbonyl (C=O) groups is 2. The van der Waals surface area contributed by atoms with Gasteiger partial charge in [-0.25, -0.2) is 4.79 Å². The number of ether oxygens (including phenoxy) is 1. The molecule has 0 aromatic heterocycles. The van der Waals surface area contributed by atoms with Gasteiger partial charge in [0, 0.05) is 12.2 Å². The van der Waals surface area contributed by atoms with Gasteiger partial charge in [0.1, 0.15) is 0 Å². The van der Waals surface area contributed by atoms with Gasteiger partial charge in [0.25, 0.3) is 0 Å². The third kappa shape index (κ3) is 6.48. The molecule has 0 saturated carbocycles. The summed E-state index contributed by atoms with van der Waals surface area (Å²) in [5.74, 6) is -0.581. The predicted octanol–water partition coefficient (Wildman–Crippen LogP) is 5.47. The third-order valence-electron chi connectivity index (χ3n) is 6.21. The topological polar surface area (TPSA) is 90.9 Å². The molecule has 3 N–H and O–H groups in total. The van der Waals surface area contributed by atoms with Crippen molar-refractivity contribution in [2.75, 3.05) is 35.3 Å². The molecule has 178 valence electrons. The van der Waals surface area contributed by atoms with Crippen LogP contribution in [0.5, 0.6) is 0 Å². The number of aryl methyl sites for hydroxylation is 1. The summed E-state index contributed by atoms with van der Waals surface area (Å²) in [7, 11) is 0. The van der Waals surface area contributed by atoms with Crippen LogP contribution >= 0.6 is 0 Å². The van der Waals surface area contributed by atoms with E-state index < -0.39 is 5.97 Å². The van der Waals surface area contributed by atoms with E-state index in [1.807, 2.05) is 56.3 Å². The maximum absolute atomic E-state index is 12.9. The molecular formula is C26H35N3O4. The van der Waals surface area contributed by atoms with Gasteiger partial charge in [-0.1, -0.05) is 44.5 Å². The highest BCUT2D eigenvalue weighted by Crippen LogP contribution is 2.35. The summed E-state index contributed by atoms with van der Waals surface area (Å²) in [4.78, 5) is 26.5. The van der Waals surface area contributed by atoms with E-state index in [-0.39, 0.29) is 24.4 Å². The molecule has 0 radical (unpaired) electrons. The molecule has 7 heteroatoms. The van der Waals surface area contributed by atoms with Crippen molar-refractivity contribution in [3.05, 3.63) is 53.6 Å². The first-order valence-corrected chi connectivity index (χ1v) is 11.6. The van der Waals surface area contributed by atoms with Gasteiger partial charge in [-0.15, -0.1) is 0 Å². The van der Waals surface area contributed by atoms with Crippen molar-refractivity contribution in [3.8, 4) is 0 Å². The molecule has 2 aromatic rings. The molecular weight excluding hydrogens is 418 g/mol. The zero-order valence-corrected chi connectivity index (χ0v) is 19.9. The molecule has 2 atom stereocenters. The lowest BCUT2D eigenvalue weighted by Gasteiger charge is -2.40. The molecule has 1 fully saturated rings. The van der Waals surface area contributed by atoms with Crippen LogP contribution in [0.25, 0.3) is 0 Å². The van der Waals surface area contributed by atoms with Crippen LogP contribution in [0.1, 0.15) is 50.7 Å². The Hall–Kier alpha value is -3.06. The van der Waals surface area contributed by atoms with Crippen LogP contribution in [0.2, 0.25) is 0 Å². The number of carboxylic acids is 1. The number of hydrogen-bond acceptors (Lipinski definition) is 4. The predicted molar refractivity (Wildman–Crippen MR) is 132 cm³/mol. The van der Waals surface area contributed by atoms with Gasteiger partial charge in [-0.3, -0.25) is 4.79 Å². The lowest BCUT2D eigenvalue weighted by molar-refractivity contribution is -0.137. The molecule has 2 amide bonds. The zero-order chi connectivity index (χ0) is 24.0. The number of morpholine rings is 1. The highest BCUT2D eigenvalue weighted by molar-refractivity contribution is 6.02. The summed E-state index contributed by atoms with van der Waals surface area (Å²) in [6.45, 7) is 10.3. The van der Waals surface area contributed by atoms with Crippen molar-refractivity contribution in [1.29, 1.82) is 0 Å². The first kappa shape index (κ1) is 24.6. The monoisotopic (exact) mass is 453 g/mol. The van der Waals surface area contributed by atoms with Crippen molar-refractivity contribution >= 4 is 29.1 Å². The molecule has 0 bridgehead atoms. The molecule has 3 rings (SSSR count). The molecule has 1 unspecified atom stereocenters. The van der Waals surface area contributed by atoms with E-state index in [2.05, 4.69) is 29.4 Å². The first-order chi connectivity index (χ1) is 15.8. The average molecular weight is 454 g/mol. The number of hydrogen-bond donors (Lipinski definition) is 3. The van der Waals surface area contributed by atoms with Crippen molar-refractivity contribution in [3.63, 3.8) is 0 Å². The number of anilines is 3. The number of rotatable bonds is 8. The van der Waals surface area contributed by atoms with Crippen molar-refractivity contribution in [1.82, 2.24) is 0 Å². The molecule has 33 heavy (non-hydrogen) atoms. The van der Waals surface area contributed by atoms with Gasteiger partial charge < -0.3 is 25.4 Å². The van der Waals surface area contributed by atoms with Crippen LogP contribution in [-0.4, -0.2) is 42.9 Å². The van der Waals surface area contributed by atoms with Crippen LogP contribution in [0.4, 0.5) is 21.9 Å². The van der Waals surface area contributed by atoms with E-state index >= 15 is 0 Å². The number of amides is 2. The Morgan fingerprint density at radius 1 is 1.15 bits per heavy atom.